The van der Waals surface area contributed by atoms with E-state index in [2.05, 4.69) is 63.7 Å². The number of hydrogen-bond donors (Lipinski definition) is 3. The molecule has 25 heteroatoms. The average molecular weight is 1260 g/mol. The van der Waals surface area contributed by atoms with Crippen LogP contribution in [0.25, 0.3) is 0 Å². The van der Waals surface area contributed by atoms with Crippen molar-refractivity contribution >= 4 is 93.4 Å². The topological polar surface area (TPSA) is 259 Å². The van der Waals surface area contributed by atoms with Crippen molar-refractivity contribution in [3.63, 3.8) is 0 Å². The van der Waals surface area contributed by atoms with Gasteiger partial charge in [0.1, 0.15) is 18.2 Å². The Kier molecular flexibility index (Phi) is 28.5. The lowest BCUT2D eigenvalue weighted by molar-refractivity contribution is -0.167. The van der Waals surface area contributed by atoms with E-state index in [1.54, 1.807) is 48.6 Å². The predicted octanol–water partition coefficient (Wildman–Crippen LogP) is 4.50. The number of carbonyl (C=O) groups is 6. The Morgan fingerprint density at radius 2 is 0.877 bits per heavy atom. The second-order valence-corrected chi connectivity index (χ2v) is 29.2. The number of carbonyl (C=O) groups excluding carboxylic acids is 6. The van der Waals surface area contributed by atoms with Gasteiger partial charge in [-0.25, -0.2) is 12.7 Å². The molecule has 1 fully saturated rings. The molecule has 3 atom stereocenters. The van der Waals surface area contributed by atoms with E-state index < -0.39 is 86.1 Å². The molecule has 1 saturated heterocycles. The fourth-order valence-corrected chi connectivity index (χ4v) is 8.52. The molecule has 3 unspecified atom stereocenters. The van der Waals surface area contributed by atoms with Crippen LogP contribution in [0.5, 0.6) is 0 Å². The molecule has 1 aliphatic heterocycles. The summed E-state index contributed by atoms with van der Waals surface area (Å²) >= 11 is 9.75. The minimum absolute atomic E-state index is 0.0250. The van der Waals surface area contributed by atoms with Crippen molar-refractivity contribution in [2.75, 3.05) is 99.3 Å². The Morgan fingerprint density at radius 3 is 1.18 bits per heavy atom. The predicted molar refractivity (Wildman–Crippen MR) is 284 cm³/mol. The number of amides is 3. The van der Waals surface area contributed by atoms with Gasteiger partial charge < -0.3 is 58.6 Å². The summed E-state index contributed by atoms with van der Waals surface area (Å²) in [6.45, 7) is 23.3. The fraction of sp³-hybridized carbons (Fsp3) is 0.875. The molecule has 426 valence electrons. The van der Waals surface area contributed by atoms with Crippen LogP contribution in [-0.4, -0.2) is 195 Å². The maximum Gasteiger partial charge on any atom is 0.323 e. The second-order valence-electron chi connectivity index (χ2n) is 21.0. The third-order valence-electron chi connectivity index (χ3n) is 11.4. The molecule has 1 aliphatic rings. The van der Waals surface area contributed by atoms with Crippen LogP contribution >= 0.6 is 47.8 Å². The number of ether oxygens (including phenoxy) is 9. The van der Waals surface area contributed by atoms with Crippen molar-refractivity contribution in [2.24, 2.45) is 5.41 Å². The summed E-state index contributed by atoms with van der Waals surface area (Å²) in [6, 6.07) is 0. The number of alkyl halides is 3. The van der Waals surface area contributed by atoms with Crippen molar-refractivity contribution in [2.45, 2.75) is 163 Å². The van der Waals surface area contributed by atoms with Gasteiger partial charge in [0.05, 0.1) is 71.7 Å². The molecule has 0 aromatic rings. The smallest absolute Gasteiger partial charge is 0.323 e. The third-order valence-corrected chi connectivity index (χ3v) is 14.7. The number of nitrogens with zero attached hydrogens (tertiary/aromatic N) is 1. The minimum Gasteiger partial charge on any atom is -0.449 e. The van der Waals surface area contributed by atoms with Crippen LogP contribution in [0.1, 0.15) is 116 Å². The highest BCUT2D eigenvalue weighted by molar-refractivity contribution is 9.10. The summed E-state index contributed by atoms with van der Waals surface area (Å²) in [6.07, 6.45) is 1.45. The highest BCUT2D eigenvalue weighted by atomic mass is 79.9. The molecule has 0 radical (unpaired) electrons. The summed E-state index contributed by atoms with van der Waals surface area (Å²) in [5.74, 6) is -4.21. The lowest BCUT2D eigenvalue weighted by Gasteiger charge is -2.37. The molecule has 1 heterocycles. The van der Waals surface area contributed by atoms with Crippen molar-refractivity contribution in [1.29, 1.82) is 0 Å². The van der Waals surface area contributed by atoms with Crippen molar-refractivity contribution < 1.29 is 79.8 Å². The average Bonchev–Trinajstić information content (AvgIpc) is 3.66. The molecule has 0 aliphatic carbocycles. The minimum atomic E-state index is -3.47. The summed E-state index contributed by atoms with van der Waals surface area (Å²) < 4.78 is 75.1. The molecular formula is C48H85Br3N4O17S. The molecule has 3 amide bonds. The van der Waals surface area contributed by atoms with Crippen molar-refractivity contribution in [3.05, 3.63) is 0 Å². The first-order valence-electron chi connectivity index (χ1n) is 24.5. The normalized spacial score (nSPS) is 17.3. The monoisotopic (exact) mass is 1260 g/mol. The highest BCUT2D eigenvalue weighted by Crippen LogP contribution is 2.30. The van der Waals surface area contributed by atoms with Crippen LogP contribution in [0.4, 0.5) is 0 Å². The molecule has 21 nitrogen and oxygen atoms in total. The van der Waals surface area contributed by atoms with E-state index in [-0.39, 0.29) is 64.9 Å². The second kappa shape index (κ2) is 30.2. The van der Waals surface area contributed by atoms with Crippen LogP contribution in [0.15, 0.2) is 0 Å². The van der Waals surface area contributed by atoms with E-state index in [0.717, 1.165) is 6.42 Å². The van der Waals surface area contributed by atoms with Gasteiger partial charge in [-0.3, -0.25) is 28.8 Å². The largest absolute Gasteiger partial charge is 0.449 e. The number of halogens is 3. The van der Waals surface area contributed by atoms with E-state index in [1.165, 1.54) is 45.8 Å². The molecule has 73 heavy (non-hydrogen) atoms. The highest BCUT2D eigenvalue weighted by Gasteiger charge is 2.45. The maximum absolute atomic E-state index is 13.7. The van der Waals surface area contributed by atoms with E-state index in [4.69, 9.17) is 42.6 Å². The summed E-state index contributed by atoms with van der Waals surface area (Å²) in [5, 5.41) is 7.83. The van der Waals surface area contributed by atoms with Crippen LogP contribution in [0.2, 0.25) is 0 Å². The first-order valence-corrected chi connectivity index (χ1v) is 28.3. The quantitative estimate of drug-likeness (QED) is 0.0338. The lowest BCUT2D eigenvalue weighted by atomic mass is 9.87. The standard InChI is InChI=1S/C48H85Br3N4O17S/c1-16-34-28-35(33(2)69-34)73(62,63)55(15)18-17-19-64-20-21-65-22-23-66-24-25-67-26-27-68-32-48(29-52-36(56)45(9,10)70-39(59)42(3,4)49,30-53-37(57)46(11,12)71-40(60)43(5,6)50)31-54-38(58)47(13,14)72-41(61)44(7,8)51/h33-35H,16-32H2,1-15H3,(H,52,56)(H,53,57)(H,54,58). The molecule has 0 aromatic heterocycles. The van der Waals surface area contributed by atoms with Gasteiger partial charge in [0, 0.05) is 45.2 Å². The van der Waals surface area contributed by atoms with Gasteiger partial charge in [-0.1, -0.05) is 54.7 Å². The Morgan fingerprint density at radius 1 is 0.562 bits per heavy atom. The van der Waals surface area contributed by atoms with Gasteiger partial charge in [-0.05, 0) is 109 Å². The number of esters is 3. The summed E-state index contributed by atoms with van der Waals surface area (Å²) in [7, 11) is -1.88. The van der Waals surface area contributed by atoms with E-state index in [0.29, 0.717) is 52.4 Å². The number of sulfonamides is 1. The SMILES string of the molecule is CCC1CC(S(=O)(=O)N(C)CCCOCCOCCOCCOCCOCC(CNC(=O)C(C)(C)OC(=O)C(C)(C)Br)(CNC(=O)C(C)(C)OC(=O)C(C)(C)Br)CNC(=O)C(C)(C)OC(=O)C(C)(C)Br)C(C)O1. The van der Waals surface area contributed by atoms with Crippen molar-refractivity contribution in [3.8, 4) is 0 Å². The van der Waals surface area contributed by atoms with Crippen LogP contribution < -0.4 is 16.0 Å². The van der Waals surface area contributed by atoms with Gasteiger partial charge in [-0.15, -0.1) is 0 Å². The molecule has 3 N–H and O–H groups in total. The zero-order valence-electron chi connectivity index (χ0n) is 45.7. The maximum atomic E-state index is 13.7. The van der Waals surface area contributed by atoms with Crippen LogP contribution in [0.3, 0.4) is 0 Å². The Hall–Kier alpha value is -2.07. The Balaban J connectivity index is 2.92. The number of hydrogen-bond acceptors (Lipinski definition) is 17. The molecule has 0 bridgehead atoms. The van der Waals surface area contributed by atoms with Gasteiger partial charge in [0.15, 0.2) is 16.8 Å². The summed E-state index contributed by atoms with van der Waals surface area (Å²) in [4.78, 5) is 79.5. The molecule has 0 spiro atoms. The molecule has 0 aromatic carbocycles. The van der Waals surface area contributed by atoms with E-state index in [9.17, 15) is 37.2 Å². The van der Waals surface area contributed by atoms with Crippen LogP contribution in [-0.2, 0) is 81.4 Å². The molecule has 1 rings (SSSR count). The fourth-order valence-electron chi connectivity index (χ4n) is 6.42. The first kappa shape index (κ1) is 68.9. The van der Waals surface area contributed by atoms with E-state index >= 15 is 0 Å². The van der Waals surface area contributed by atoms with Gasteiger partial charge in [0.25, 0.3) is 17.7 Å². The third kappa shape index (κ3) is 24.9. The lowest BCUT2D eigenvalue weighted by Crippen LogP contribution is -2.60. The molecule has 0 saturated carbocycles. The first-order chi connectivity index (χ1) is 33.3. The Bertz CT molecular complexity index is 1770. The van der Waals surface area contributed by atoms with E-state index in [1.807, 2.05) is 13.8 Å². The molecular weight excluding hydrogens is 1180 g/mol. The zero-order valence-corrected chi connectivity index (χ0v) is 51.3. The van der Waals surface area contributed by atoms with Gasteiger partial charge in [-0.2, -0.15) is 0 Å². The van der Waals surface area contributed by atoms with Crippen molar-refractivity contribution in [1.82, 2.24) is 20.3 Å². The zero-order chi connectivity index (χ0) is 56.3. The van der Waals surface area contributed by atoms with Crippen LogP contribution in [0, 0.1) is 5.41 Å². The van der Waals surface area contributed by atoms with Gasteiger partial charge >= 0.3 is 17.9 Å². The Labute approximate surface area is 459 Å². The number of nitrogens with one attached hydrogen (secondary N) is 3. The number of rotatable bonds is 36. The van der Waals surface area contributed by atoms with Gasteiger partial charge in [0.2, 0.25) is 10.0 Å². The summed E-state index contributed by atoms with van der Waals surface area (Å²) in [5.41, 5.74) is -6.38.